The minimum Gasteiger partial charge on any atom is -0.399 e. The number of aromatic nitrogens is 3. The van der Waals surface area contributed by atoms with E-state index < -0.39 is 42.4 Å². The van der Waals surface area contributed by atoms with Crippen molar-refractivity contribution in [2.24, 2.45) is 5.92 Å². The molecule has 2 aliphatic rings. The summed E-state index contributed by atoms with van der Waals surface area (Å²) in [6.07, 6.45) is 1.71. The monoisotopic (exact) mass is 687 g/mol. The Morgan fingerprint density at radius 2 is 1.94 bits per heavy atom. The lowest BCUT2D eigenvalue weighted by molar-refractivity contribution is -0.385. The van der Waals surface area contributed by atoms with Crippen LogP contribution in [0.25, 0.3) is 0 Å². The van der Waals surface area contributed by atoms with Gasteiger partial charge >= 0.3 is 0 Å². The summed E-state index contributed by atoms with van der Waals surface area (Å²) in [6, 6.07) is 17.8. The van der Waals surface area contributed by atoms with Crippen molar-refractivity contribution in [2.75, 3.05) is 22.6 Å². The number of nitro groups is 1. The van der Waals surface area contributed by atoms with Crippen LogP contribution >= 0.6 is 0 Å². The Kier molecular flexibility index (Phi) is 9.09. The SMILES string of the molecule is C[C@H]1[C@H]([Si](C)(C)F)[C@@H](CCn2cc(CCO)nn2)O[C@]12C(=O)N(Cc1cccc(NC(=O)c3ccc(N)cc3)c1)c1ccc([N+](=O)[O-])cc12. The van der Waals surface area contributed by atoms with Crippen molar-refractivity contribution in [1.82, 2.24) is 15.0 Å². The van der Waals surface area contributed by atoms with Gasteiger partial charge in [-0.2, -0.15) is 0 Å². The van der Waals surface area contributed by atoms with E-state index in [1.165, 1.54) is 17.0 Å². The summed E-state index contributed by atoms with van der Waals surface area (Å²) in [5.41, 5.74) is 6.84. The topological polar surface area (TPSA) is 179 Å². The molecule has 4 aromatic rings. The van der Waals surface area contributed by atoms with E-state index in [0.29, 0.717) is 58.8 Å². The molecule has 1 fully saturated rings. The second-order valence-electron chi connectivity index (χ2n) is 13.1. The number of anilines is 3. The van der Waals surface area contributed by atoms with Gasteiger partial charge in [0.05, 0.1) is 29.0 Å². The lowest BCUT2D eigenvalue weighted by Gasteiger charge is -2.31. The number of amides is 2. The lowest BCUT2D eigenvalue weighted by atomic mass is 9.82. The molecule has 6 rings (SSSR count). The fourth-order valence-electron chi connectivity index (χ4n) is 7.28. The van der Waals surface area contributed by atoms with Gasteiger partial charge in [-0.1, -0.05) is 24.3 Å². The maximum absolute atomic E-state index is 16.2. The molecule has 256 valence electrons. The number of carbonyl (C=O) groups excluding carboxylic acids is 2. The summed E-state index contributed by atoms with van der Waals surface area (Å²) in [7, 11) is -3.48. The average molecular weight is 688 g/mol. The number of aliphatic hydroxyl groups is 1. The van der Waals surface area contributed by atoms with E-state index in [1.54, 1.807) is 79.4 Å². The number of halogens is 1. The zero-order valence-electron chi connectivity index (χ0n) is 27.4. The molecule has 1 saturated heterocycles. The largest absolute Gasteiger partial charge is 0.399 e. The van der Waals surface area contributed by atoms with Gasteiger partial charge in [-0.05, 0) is 67.5 Å². The Morgan fingerprint density at radius 1 is 1.18 bits per heavy atom. The van der Waals surface area contributed by atoms with Crippen molar-refractivity contribution in [1.29, 1.82) is 0 Å². The first kappa shape index (κ1) is 33.9. The number of ether oxygens (including phenoxy) is 1. The van der Waals surface area contributed by atoms with Crippen molar-refractivity contribution in [3.05, 3.63) is 105 Å². The van der Waals surface area contributed by atoms with E-state index in [2.05, 4.69) is 15.6 Å². The standard InChI is InChI=1S/C34H38FN7O6Si/c1-21-31(49(2,3)35)30(13-15-40-20-26(14-16-43)38-39-40)48-34(21)28-18-27(42(46)47)11-12-29(28)41(33(34)45)19-22-5-4-6-25(17-22)37-32(44)23-7-9-24(36)10-8-23/h4-12,17-18,20-21,30-31,43H,13-16,19,36H2,1-3H3,(H,37,44)/t21-,30+,31-,34+/m0/s1. The number of non-ortho nitro benzene ring substituents is 1. The molecule has 0 saturated carbocycles. The van der Waals surface area contributed by atoms with Crippen LogP contribution in [0.5, 0.6) is 0 Å². The van der Waals surface area contributed by atoms with Gasteiger partial charge in [0.25, 0.3) is 17.5 Å². The van der Waals surface area contributed by atoms with E-state index in [9.17, 15) is 24.8 Å². The first-order chi connectivity index (χ1) is 23.3. The molecule has 2 aliphatic heterocycles. The van der Waals surface area contributed by atoms with Crippen LogP contribution in [0.3, 0.4) is 0 Å². The number of nitrogens with one attached hydrogen (secondary N) is 1. The molecule has 4 atom stereocenters. The smallest absolute Gasteiger partial charge is 0.269 e. The number of nitrogens with zero attached hydrogens (tertiary/aromatic N) is 5. The van der Waals surface area contributed by atoms with Gasteiger partial charge in [0.15, 0.2) is 5.60 Å². The number of aliphatic hydroxyl groups excluding tert-OH is 1. The summed E-state index contributed by atoms with van der Waals surface area (Å²) in [5.74, 6) is -1.40. The number of hydrogen-bond donors (Lipinski definition) is 3. The minimum absolute atomic E-state index is 0.0686. The fraction of sp³-hybridized carbons (Fsp3) is 0.353. The summed E-state index contributed by atoms with van der Waals surface area (Å²) in [4.78, 5) is 40.5. The molecule has 3 heterocycles. The Hall–Kier alpha value is -4.99. The molecule has 1 spiro atoms. The van der Waals surface area contributed by atoms with Crippen molar-refractivity contribution >= 4 is 43.0 Å². The number of benzene rings is 3. The molecule has 0 bridgehead atoms. The van der Waals surface area contributed by atoms with Gasteiger partial charge in [-0.15, -0.1) is 5.10 Å². The van der Waals surface area contributed by atoms with E-state index in [1.807, 2.05) is 6.07 Å². The van der Waals surface area contributed by atoms with Gasteiger partial charge in [0.2, 0.25) is 8.41 Å². The molecule has 15 heteroatoms. The zero-order chi connectivity index (χ0) is 35.1. The molecule has 0 unspecified atom stereocenters. The number of nitrogen functional groups attached to an aromatic ring is 1. The predicted octanol–water partition coefficient (Wildman–Crippen LogP) is 4.97. The summed E-state index contributed by atoms with van der Waals surface area (Å²) < 4.78 is 24.6. The van der Waals surface area contributed by atoms with Gasteiger partial charge < -0.3 is 29.9 Å². The van der Waals surface area contributed by atoms with E-state index in [0.717, 1.165) is 0 Å². The minimum atomic E-state index is -3.48. The highest BCUT2D eigenvalue weighted by Crippen LogP contribution is 2.60. The highest BCUT2D eigenvalue weighted by molar-refractivity contribution is 6.72. The van der Waals surface area contributed by atoms with Crippen LogP contribution in [0.1, 0.15) is 40.5 Å². The zero-order valence-corrected chi connectivity index (χ0v) is 28.4. The predicted molar refractivity (Wildman–Crippen MR) is 183 cm³/mol. The first-order valence-corrected chi connectivity index (χ1v) is 19.0. The van der Waals surface area contributed by atoms with Crippen molar-refractivity contribution < 1.29 is 28.5 Å². The van der Waals surface area contributed by atoms with Gasteiger partial charge in [-0.3, -0.25) is 24.4 Å². The summed E-state index contributed by atoms with van der Waals surface area (Å²) in [5, 5.41) is 32.2. The Bertz CT molecular complexity index is 1900. The van der Waals surface area contributed by atoms with Gasteiger partial charge in [-0.25, -0.2) is 0 Å². The number of hydrogen-bond acceptors (Lipinski definition) is 9. The Morgan fingerprint density at radius 3 is 2.63 bits per heavy atom. The molecule has 0 radical (unpaired) electrons. The fourth-order valence-corrected chi connectivity index (χ4v) is 9.82. The lowest BCUT2D eigenvalue weighted by Crippen LogP contribution is -2.45. The molecule has 2 amide bonds. The van der Waals surface area contributed by atoms with Crippen LogP contribution in [0.4, 0.5) is 26.9 Å². The molecular formula is C34H38FN7O6Si. The summed E-state index contributed by atoms with van der Waals surface area (Å²) >= 11 is 0. The van der Waals surface area contributed by atoms with Crippen LogP contribution in [0.2, 0.25) is 18.6 Å². The Labute approximate surface area is 283 Å². The second kappa shape index (κ2) is 13.1. The van der Waals surface area contributed by atoms with Crippen molar-refractivity contribution in [3.8, 4) is 0 Å². The quantitative estimate of drug-likeness (QED) is 0.0646. The first-order valence-electron chi connectivity index (χ1n) is 16.0. The van der Waals surface area contributed by atoms with Crippen LogP contribution in [0, 0.1) is 16.0 Å². The third-order valence-electron chi connectivity index (χ3n) is 9.45. The molecule has 13 nitrogen and oxygen atoms in total. The third-order valence-corrected chi connectivity index (χ3v) is 11.9. The third kappa shape index (κ3) is 6.44. The molecular weight excluding hydrogens is 650 g/mol. The van der Waals surface area contributed by atoms with E-state index in [-0.39, 0.29) is 24.7 Å². The van der Waals surface area contributed by atoms with E-state index in [4.69, 9.17) is 10.5 Å². The maximum atomic E-state index is 16.2. The van der Waals surface area contributed by atoms with Crippen molar-refractivity contribution in [2.45, 2.75) is 63.2 Å². The summed E-state index contributed by atoms with van der Waals surface area (Å²) in [6.45, 7) is 5.32. The molecule has 3 aromatic carbocycles. The normalized spacial score (nSPS) is 21.7. The van der Waals surface area contributed by atoms with Crippen LogP contribution in [-0.4, -0.2) is 58.0 Å². The van der Waals surface area contributed by atoms with Gasteiger partial charge in [0.1, 0.15) is 0 Å². The molecule has 0 aliphatic carbocycles. The van der Waals surface area contributed by atoms with Gasteiger partial charge in [0, 0.05) is 71.9 Å². The van der Waals surface area contributed by atoms with Crippen molar-refractivity contribution in [3.63, 3.8) is 0 Å². The number of carbonyl (C=O) groups is 2. The highest BCUT2D eigenvalue weighted by Gasteiger charge is 2.66. The average Bonchev–Trinajstić information content (AvgIpc) is 3.70. The Balaban J connectivity index is 1.32. The van der Waals surface area contributed by atoms with Crippen LogP contribution in [-0.2, 0) is 34.6 Å². The van der Waals surface area contributed by atoms with Crippen LogP contribution in [0.15, 0.2) is 72.9 Å². The number of nitro benzene ring substituents is 1. The molecule has 1 aromatic heterocycles. The van der Waals surface area contributed by atoms with E-state index >= 15 is 4.11 Å². The molecule has 4 N–H and O–H groups in total. The number of nitrogens with two attached hydrogens (primary N) is 1. The highest BCUT2D eigenvalue weighted by atomic mass is 28.4. The van der Waals surface area contributed by atoms with Crippen LogP contribution < -0.4 is 16.0 Å². The maximum Gasteiger partial charge on any atom is 0.269 e. The number of aryl methyl sites for hydroxylation is 1. The number of rotatable bonds is 11. The molecule has 49 heavy (non-hydrogen) atoms. The second-order valence-corrected chi connectivity index (χ2v) is 16.9. The number of fused-ring (bicyclic) bond motifs is 2.